The maximum atomic E-state index is 11.6. The van der Waals surface area contributed by atoms with Crippen molar-refractivity contribution in [1.82, 2.24) is 0 Å². The van der Waals surface area contributed by atoms with Gasteiger partial charge >= 0.3 is 5.88 Å². The quantitative estimate of drug-likeness (QED) is 0.255. The van der Waals surface area contributed by atoms with Crippen molar-refractivity contribution >= 4 is 23.5 Å². The Morgan fingerprint density at radius 3 is 2.22 bits per heavy atom. The number of hydrogen-bond donors (Lipinski definition) is 0. The Labute approximate surface area is 103 Å². The Kier molecular flexibility index (Phi) is 4.53. The molecule has 6 heteroatoms. The Morgan fingerprint density at radius 2 is 1.83 bits per heavy atom. The number of carbonyl (C=O) groups is 2. The Bertz CT molecular complexity index is 494. The molecule has 0 amide bonds. The van der Waals surface area contributed by atoms with E-state index in [1.165, 1.54) is 18.2 Å². The third-order valence-electron chi connectivity index (χ3n) is 2.32. The number of hydrogen-bond acceptors (Lipinski definition) is 5. The molecule has 0 atom stereocenters. The molecule has 1 aromatic rings. The smallest absolute Gasteiger partial charge is 0.401 e. The van der Waals surface area contributed by atoms with Gasteiger partial charge in [0.15, 0.2) is 11.6 Å². The molecule has 0 saturated carbocycles. The molecule has 0 unspecified atom stereocenters. The lowest BCUT2D eigenvalue weighted by atomic mass is 10.0. The molecule has 6 nitrogen and oxygen atoms in total. The van der Waals surface area contributed by atoms with Crippen molar-refractivity contribution in [2.24, 2.45) is 0 Å². The number of carbonyl (C=O) groups excluding carboxylic acids is 2. The van der Waals surface area contributed by atoms with Crippen molar-refractivity contribution in [2.45, 2.75) is 26.7 Å². The first kappa shape index (κ1) is 13.8. The molecule has 0 aliphatic rings. The summed E-state index contributed by atoms with van der Waals surface area (Å²) in [4.78, 5) is 32.9. The van der Waals surface area contributed by atoms with E-state index < -0.39 is 10.8 Å². The standard InChI is InChI=1S/C12H13NO5/c1-3-10(14)9(11(15)4-2)7-8-5-6-12(18-8)13(16)17/h5-7H,3-4H2,1-2H3. The molecular formula is C12H13NO5. The van der Waals surface area contributed by atoms with Gasteiger partial charge in [-0.1, -0.05) is 13.8 Å². The second-order valence-electron chi connectivity index (χ2n) is 3.54. The predicted molar refractivity (Wildman–Crippen MR) is 63.9 cm³/mol. The highest BCUT2D eigenvalue weighted by Crippen LogP contribution is 2.19. The van der Waals surface area contributed by atoms with Crippen LogP contribution in [-0.2, 0) is 9.59 Å². The summed E-state index contributed by atoms with van der Waals surface area (Å²) in [5.41, 5.74) is 0.0178. The average Bonchev–Trinajstić information content (AvgIpc) is 2.82. The second kappa shape index (κ2) is 5.90. The summed E-state index contributed by atoms with van der Waals surface area (Å²) in [5.74, 6) is -0.907. The maximum absolute atomic E-state index is 11.6. The third kappa shape index (κ3) is 3.13. The van der Waals surface area contributed by atoms with Crippen molar-refractivity contribution in [2.75, 3.05) is 0 Å². The minimum absolute atomic E-state index is 0.0178. The van der Waals surface area contributed by atoms with E-state index in [9.17, 15) is 19.7 Å². The van der Waals surface area contributed by atoms with E-state index in [-0.39, 0.29) is 35.7 Å². The van der Waals surface area contributed by atoms with Gasteiger partial charge in [-0.15, -0.1) is 0 Å². The van der Waals surface area contributed by atoms with Crippen LogP contribution in [0.2, 0.25) is 0 Å². The van der Waals surface area contributed by atoms with Crippen LogP contribution in [0.5, 0.6) is 0 Å². The monoisotopic (exact) mass is 251 g/mol. The summed E-state index contributed by atoms with van der Waals surface area (Å²) >= 11 is 0. The lowest BCUT2D eigenvalue weighted by Gasteiger charge is -2.00. The molecule has 0 saturated heterocycles. The number of ketones is 2. The van der Waals surface area contributed by atoms with E-state index in [0.717, 1.165) is 0 Å². The second-order valence-corrected chi connectivity index (χ2v) is 3.54. The molecule has 96 valence electrons. The van der Waals surface area contributed by atoms with E-state index in [4.69, 9.17) is 4.42 Å². The summed E-state index contributed by atoms with van der Waals surface area (Å²) in [7, 11) is 0. The summed E-state index contributed by atoms with van der Waals surface area (Å²) in [6.45, 7) is 3.29. The van der Waals surface area contributed by atoms with Gasteiger partial charge in [0.05, 0.1) is 11.6 Å². The molecule has 1 aromatic heterocycles. The van der Waals surface area contributed by atoms with Crippen LogP contribution in [-0.4, -0.2) is 16.5 Å². The van der Waals surface area contributed by atoms with E-state index in [1.54, 1.807) is 13.8 Å². The normalized spacial score (nSPS) is 9.89. The first-order valence-electron chi connectivity index (χ1n) is 5.51. The fraction of sp³-hybridized carbons (Fsp3) is 0.333. The highest BCUT2D eigenvalue weighted by atomic mass is 16.6. The van der Waals surface area contributed by atoms with Crippen LogP contribution in [0.1, 0.15) is 32.4 Å². The highest BCUT2D eigenvalue weighted by Gasteiger charge is 2.17. The van der Waals surface area contributed by atoms with Crippen LogP contribution in [0.3, 0.4) is 0 Å². The molecule has 0 aromatic carbocycles. The maximum Gasteiger partial charge on any atom is 0.433 e. The first-order chi connectivity index (χ1) is 8.49. The first-order valence-corrected chi connectivity index (χ1v) is 5.51. The topological polar surface area (TPSA) is 90.4 Å². The zero-order valence-corrected chi connectivity index (χ0v) is 10.1. The van der Waals surface area contributed by atoms with Crippen LogP contribution in [0.4, 0.5) is 5.88 Å². The van der Waals surface area contributed by atoms with E-state index in [2.05, 4.69) is 0 Å². The number of allylic oxidation sites excluding steroid dienone is 1. The summed E-state index contributed by atoms with van der Waals surface area (Å²) < 4.78 is 4.88. The fourth-order valence-corrected chi connectivity index (χ4v) is 1.36. The zero-order valence-electron chi connectivity index (χ0n) is 10.1. The molecule has 0 radical (unpaired) electrons. The van der Waals surface area contributed by atoms with Gasteiger partial charge in [-0.25, -0.2) is 0 Å². The van der Waals surface area contributed by atoms with Crippen molar-refractivity contribution < 1.29 is 18.9 Å². The molecule has 0 fully saturated rings. The fourth-order valence-electron chi connectivity index (χ4n) is 1.36. The molecule has 0 aliphatic heterocycles. The van der Waals surface area contributed by atoms with Crippen molar-refractivity contribution in [3.8, 4) is 0 Å². The molecular weight excluding hydrogens is 238 g/mol. The number of rotatable bonds is 6. The minimum atomic E-state index is -0.680. The highest BCUT2D eigenvalue weighted by molar-refractivity contribution is 6.22. The Morgan fingerprint density at radius 1 is 1.28 bits per heavy atom. The van der Waals surface area contributed by atoms with E-state index in [0.29, 0.717) is 0 Å². The molecule has 18 heavy (non-hydrogen) atoms. The average molecular weight is 251 g/mol. The summed E-state index contributed by atoms with van der Waals surface area (Å²) in [6.07, 6.45) is 1.64. The van der Waals surface area contributed by atoms with Gasteiger partial charge in [-0.05, 0) is 12.1 Å². The SMILES string of the molecule is CCC(=O)C(=Cc1ccc([N+](=O)[O-])o1)C(=O)CC. The summed E-state index contributed by atoms with van der Waals surface area (Å²) in [5, 5.41) is 10.4. The zero-order chi connectivity index (χ0) is 13.7. The van der Waals surface area contributed by atoms with Crippen LogP contribution in [0.15, 0.2) is 22.1 Å². The van der Waals surface area contributed by atoms with Crippen LogP contribution < -0.4 is 0 Å². The lowest BCUT2D eigenvalue weighted by Crippen LogP contribution is -2.10. The Hall–Kier alpha value is -2.24. The van der Waals surface area contributed by atoms with Gasteiger partial charge in [-0.3, -0.25) is 19.7 Å². The van der Waals surface area contributed by atoms with E-state index in [1.807, 2.05) is 0 Å². The van der Waals surface area contributed by atoms with Crippen LogP contribution >= 0.6 is 0 Å². The largest absolute Gasteiger partial charge is 0.433 e. The number of furan rings is 1. The number of nitrogens with zero attached hydrogens (tertiary/aromatic N) is 1. The number of nitro groups is 1. The summed E-state index contributed by atoms with van der Waals surface area (Å²) in [6, 6.07) is 2.53. The van der Waals surface area contributed by atoms with E-state index >= 15 is 0 Å². The van der Waals surface area contributed by atoms with Gasteiger partial charge in [0.25, 0.3) is 0 Å². The van der Waals surface area contributed by atoms with Gasteiger partial charge in [0.2, 0.25) is 0 Å². The molecule has 1 heterocycles. The molecule has 0 bridgehead atoms. The minimum Gasteiger partial charge on any atom is -0.401 e. The van der Waals surface area contributed by atoms with Crippen molar-refractivity contribution in [3.05, 3.63) is 33.6 Å². The lowest BCUT2D eigenvalue weighted by molar-refractivity contribution is -0.402. The van der Waals surface area contributed by atoms with Gasteiger partial charge in [0.1, 0.15) is 10.7 Å². The predicted octanol–water partition coefficient (Wildman–Crippen LogP) is 2.53. The number of Topliss-reactive ketones (excluding diaryl/α,β-unsaturated/α-hetero) is 2. The molecule has 0 spiro atoms. The van der Waals surface area contributed by atoms with Crippen molar-refractivity contribution in [3.63, 3.8) is 0 Å². The van der Waals surface area contributed by atoms with Gasteiger partial charge in [0, 0.05) is 12.8 Å². The molecule has 0 N–H and O–H groups in total. The molecule has 1 rings (SSSR count). The van der Waals surface area contributed by atoms with Crippen LogP contribution in [0.25, 0.3) is 6.08 Å². The van der Waals surface area contributed by atoms with Crippen molar-refractivity contribution in [1.29, 1.82) is 0 Å². The van der Waals surface area contributed by atoms with Gasteiger partial charge < -0.3 is 4.42 Å². The van der Waals surface area contributed by atoms with Gasteiger partial charge in [-0.2, -0.15) is 0 Å². The van der Waals surface area contributed by atoms with Crippen LogP contribution in [0, 0.1) is 10.1 Å². The Balaban J connectivity index is 3.10. The third-order valence-corrected chi connectivity index (χ3v) is 2.32. The molecule has 0 aliphatic carbocycles.